The van der Waals surface area contributed by atoms with Gasteiger partial charge in [0, 0.05) is 6.04 Å². The van der Waals surface area contributed by atoms with Crippen LogP contribution in [0.2, 0.25) is 0 Å². The third kappa shape index (κ3) is 11.4. The molecule has 0 spiro atoms. The lowest BCUT2D eigenvalue weighted by Crippen LogP contribution is -2.38. The predicted molar refractivity (Wildman–Crippen MR) is 85.7 cm³/mol. The summed E-state index contributed by atoms with van der Waals surface area (Å²) >= 11 is 0. The SMILES string of the molecule is CCCCC(CC)CC(COC(C)(C)C)NCCC. The van der Waals surface area contributed by atoms with E-state index in [1.807, 2.05) is 0 Å². The molecule has 0 bridgehead atoms. The first kappa shape index (κ1) is 18.9. The summed E-state index contributed by atoms with van der Waals surface area (Å²) in [6, 6.07) is 0.515. The van der Waals surface area contributed by atoms with E-state index in [4.69, 9.17) is 4.74 Å². The maximum absolute atomic E-state index is 5.98. The quantitative estimate of drug-likeness (QED) is 0.584. The standard InChI is InChI=1S/C17H37NO/c1-7-10-11-15(9-3)13-16(18-12-8-2)14-19-17(4,5)6/h15-16,18H,7-14H2,1-6H3. The largest absolute Gasteiger partial charge is 0.374 e. The lowest BCUT2D eigenvalue weighted by molar-refractivity contribution is -0.0175. The first-order valence-electron chi connectivity index (χ1n) is 8.30. The molecule has 2 nitrogen and oxygen atoms in total. The molecule has 0 fully saturated rings. The van der Waals surface area contributed by atoms with Crippen molar-refractivity contribution in [3.05, 3.63) is 0 Å². The number of ether oxygens (including phenoxy) is 1. The van der Waals surface area contributed by atoms with Crippen molar-refractivity contribution in [2.75, 3.05) is 13.2 Å². The van der Waals surface area contributed by atoms with E-state index in [0.29, 0.717) is 6.04 Å². The Morgan fingerprint density at radius 2 is 1.74 bits per heavy atom. The smallest absolute Gasteiger partial charge is 0.0626 e. The van der Waals surface area contributed by atoms with Crippen LogP contribution in [0.4, 0.5) is 0 Å². The van der Waals surface area contributed by atoms with Crippen LogP contribution < -0.4 is 5.32 Å². The summed E-state index contributed by atoms with van der Waals surface area (Å²) in [5.74, 6) is 0.845. The molecule has 0 aromatic rings. The van der Waals surface area contributed by atoms with Crippen LogP contribution in [0.1, 0.15) is 80.1 Å². The van der Waals surface area contributed by atoms with Crippen molar-refractivity contribution in [1.82, 2.24) is 5.32 Å². The van der Waals surface area contributed by atoms with E-state index in [0.717, 1.165) is 19.1 Å². The lowest BCUT2D eigenvalue weighted by atomic mass is 9.92. The third-order valence-corrected chi connectivity index (χ3v) is 3.56. The fourth-order valence-corrected chi connectivity index (χ4v) is 2.29. The molecule has 0 aliphatic carbocycles. The van der Waals surface area contributed by atoms with Crippen molar-refractivity contribution in [3.8, 4) is 0 Å². The van der Waals surface area contributed by atoms with Gasteiger partial charge < -0.3 is 10.1 Å². The van der Waals surface area contributed by atoms with Gasteiger partial charge in [-0.05, 0) is 46.1 Å². The summed E-state index contributed by atoms with van der Waals surface area (Å²) in [5, 5.41) is 3.66. The Kier molecular flexibility index (Phi) is 10.6. The molecule has 0 rings (SSSR count). The molecule has 0 heterocycles. The predicted octanol–water partition coefficient (Wildman–Crippen LogP) is 4.78. The third-order valence-electron chi connectivity index (χ3n) is 3.56. The van der Waals surface area contributed by atoms with Crippen molar-refractivity contribution < 1.29 is 4.74 Å². The van der Waals surface area contributed by atoms with Crippen LogP contribution in [0.25, 0.3) is 0 Å². The van der Waals surface area contributed by atoms with Gasteiger partial charge in [0.1, 0.15) is 0 Å². The molecule has 0 aliphatic heterocycles. The monoisotopic (exact) mass is 271 g/mol. The minimum Gasteiger partial charge on any atom is -0.374 e. The highest BCUT2D eigenvalue weighted by molar-refractivity contribution is 4.73. The highest BCUT2D eigenvalue weighted by atomic mass is 16.5. The van der Waals surface area contributed by atoms with Gasteiger partial charge in [-0.25, -0.2) is 0 Å². The molecule has 2 unspecified atom stereocenters. The van der Waals surface area contributed by atoms with Gasteiger partial charge in [0.05, 0.1) is 12.2 Å². The molecule has 2 heteroatoms. The van der Waals surface area contributed by atoms with Crippen molar-refractivity contribution in [1.29, 1.82) is 0 Å². The van der Waals surface area contributed by atoms with Gasteiger partial charge in [-0.1, -0.05) is 46.5 Å². The zero-order valence-electron chi connectivity index (χ0n) is 14.2. The fraction of sp³-hybridized carbons (Fsp3) is 1.00. The molecule has 0 radical (unpaired) electrons. The molecule has 19 heavy (non-hydrogen) atoms. The zero-order chi connectivity index (χ0) is 14.7. The Labute approximate surface area is 121 Å². The molecule has 0 aliphatic rings. The molecule has 116 valence electrons. The maximum atomic E-state index is 5.98. The molecule has 0 amide bonds. The van der Waals surface area contributed by atoms with Crippen LogP contribution >= 0.6 is 0 Å². The summed E-state index contributed by atoms with van der Waals surface area (Å²) < 4.78 is 5.98. The summed E-state index contributed by atoms with van der Waals surface area (Å²) in [4.78, 5) is 0. The highest BCUT2D eigenvalue weighted by Gasteiger charge is 2.18. The van der Waals surface area contributed by atoms with Gasteiger partial charge in [0.25, 0.3) is 0 Å². The van der Waals surface area contributed by atoms with Crippen LogP contribution in [-0.4, -0.2) is 24.8 Å². The van der Waals surface area contributed by atoms with Gasteiger partial charge in [-0.15, -0.1) is 0 Å². The van der Waals surface area contributed by atoms with Crippen LogP contribution in [0, 0.1) is 5.92 Å². The summed E-state index contributed by atoms with van der Waals surface area (Å²) in [7, 11) is 0. The van der Waals surface area contributed by atoms with Crippen LogP contribution in [0.5, 0.6) is 0 Å². The van der Waals surface area contributed by atoms with E-state index in [9.17, 15) is 0 Å². The topological polar surface area (TPSA) is 21.3 Å². The van der Waals surface area contributed by atoms with E-state index in [1.165, 1.54) is 38.5 Å². The average molecular weight is 271 g/mol. The van der Waals surface area contributed by atoms with E-state index in [2.05, 4.69) is 46.9 Å². The van der Waals surface area contributed by atoms with Crippen molar-refractivity contribution in [2.45, 2.75) is 91.7 Å². The minimum atomic E-state index is -0.0305. The van der Waals surface area contributed by atoms with E-state index in [1.54, 1.807) is 0 Å². The summed E-state index contributed by atoms with van der Waals surface area (Å²) in [6.45, 7) is 15.2. The number of unbranched alkanes of at least 4 members (excludes halogenated alkanes) is 1. The molecular formula is C17H37NO. The van der Waals surface area contributed by atoms with Crippen LogP contribution in [0.15, 0.2) is 0 Å². The first-order chi connectivity index (χ1) is 8.92. The van der Waals surface area contributed by atoms with Gasteiger partial charge in [0.2, 0.25) is 0 Å². The Balaban J connectivity index is 4.21. The van der Waals surface area contributed by atoms with E-state index in [-0.39, 0.29) is 5.60 Å². The molecule has 2 atom stereocenters. The minimum absolute atomic E-state index is 0.0305. The van der Waals surface area contributed by atoms with Crippen molar-refractivity contribution >= 4 is 0 Å². The summed E-state index contributed by atoms with van der Waals surface area (Å²) in [5.41, 5.74) is -0.0305. The van der Waals surface area contributed by atoms with Gasteiger partial charge in [-0.2, -0.15) is 0 Å². The van der Waals surface area contributed by atoms with Gasteiger partial charge in [0.15, 0.2) is 0 Å². The zero-order valence-corrected chi connectivity index (χ0v) is 14.2. The Morgan fingerprint density at radius 3 is 2.21 bits per heavy atom. The van der Waals surface area contributed by atoms with Crippen LogP contribution in [-0.2, 0) is 4.74 Å². The van der Waals surface area contributed by atoms with Crippen molar-refractivity contribution in [3.63, 3.8) is 0 Å². The Bertz CT molecular complexity index is 198. The maximum Gasteiger partial charge on any atom is 0.0626 e. The number of hydrogen-bond donors (Lipinski definition) is 1. The second-order valence-electron chi connectivity index (χ2n) is 6.73. The average Bonchev–Trinajstić information content (AvgIpc) is 2.35. The number of hydrogen-bond acceptors (Lipinski definition) is 2. The highest BCUT2D eigenvalue weighted by Crippen LogP contribution is 2.19. The van der Waals surface area contributed by atoms with E-state index < -0.39 is 0 Å². The molecular weight excluding hydrogens is 234 g/mol. The van der Waals surface area contributed by atoms with Crippen LogP contribution in [0.3, 0.4) is 0 Å². The van der Waals surface area contributed by atoms with Gasteiger partial charge in [-0.3, -0.25) is 0 Å². The molecule has 1 N–H and O–H groups in total. The Hall–Kier alpha value is -0.0800. The first-order valence-corrected chi connectivity index (χ1v) is 8.30. The normalized spacial score (nSPS) is 15.5. The second-order valence-corrected chi connectivity index (χ2v) is 6.73. The number of nitrogens with one attached hydrogen (secondary N) is 1. The van der Waals surface area contributed by atoms with Gasteiger partial charge >= 0.3 is 0 Å². The Morgan fingerprint density at radius 1 is 1.05 bits per heavy atom. The molecule has 0 saturated carbocycles. The molecule has 0 aromatic heterocycles. The molecule has 0 saturated heterocycles. The molecule has 0 aromatic carbocycles. The lowest BCUT2D eigenvalue weighted by Gasteiger charge is -2.28. The van der Waals surface area contributed by atoms with Crippen molar-refractivity contribution in [2.24, 2.45) is 5.92 Å². The summed E-state index contributed by atoms with van der Waals surface area (Å²) in [6.07, 6.45) is 7.78. The second kappa shape index (κ2) is 10.7. The fourth-order valence-electron chi connectivity index (χ4n) is 2.29. The van der Waals surface area contributed by atoms with E-state index >= 15 is 0 Å². The number of rotatable bonds is 11.